The molecule has 43 heavy (non-hydrogen) atoms. The summed E-state index contributed by atoms with van der Waals surface area (Å²) in [5.74, 6) is 1.10. The summed E-state index contributed by atoms with van der Waals surface area (Å²) in [6.07, 6.45) is 4.40. The van der Waals surface area contributed by atoms with E-state index in [1.54, 1.807) is 12.1 Å². The minimum absolute atomic E-state index is 0.0677. The van der Waals surface area contributed by atoms with Gasteiger partial charge in [-0.15, -0.1) is 0 Å². The zero-order valence-electron chi connectivity index (χ0n) is 24.2. The van der Waals surface area contributed by atoms with Crippen molar-refractivity contribution in [1.82, 2.24) is 5.32 Å². The Morgan fingerprint density at radius 1 is 0.884 bits per heavy atom. The molecule has 0 saturated heterocycles. The lowest BCUT2D eigenvalue weighted by Crippen LogP contribution is -2.46. The average molecular weight is 643 g/mol. The van der Waals surface area contributed by atoms with Gasteiger partial charge in [-0.05, 0) is 86.6 Å². The highest BCUT2D eigenvalue weighted by molar-refractivity contribution is 9.10. The average Bonchev–Trinajstić information content (AvgIpc) is 3.03. The lowest BCUT2D eigenvalue weighted by molar-refractivity contribution is -0.128. The molecule has 1 amide bonds. The maximum absolute atomic E-state index is 13.6. The molecule has 5 rings (SSSR count). The zero-order chi connectivity index (χ0) is 30.2. The Bertz CT molecular complexity index is 1530. The molecule has 6 nitrogen and oxygen atoms in total. The second kappa shape index (κ2) is 14.5. The Morgan fingerprint density at radius 2 is 1.58 bits per heavy atom. The molecule has 1 aliphatic rings. The molecule has 222 valence electrons. The van der Waals surface area contributed by atoms with Crippen molar-refractivity contribution >= 4 is 27.6 Å². The Morgan fingerprint density at radius 3 is 2.30 bits per heavy atom. The molecule has 0 aliphatic heterocycles. The molecule has 0 spiro atoms. The molecule has 4 aromatic rings. The molecule has 0 radical (unpaired) electrons. The van der Waals surface area contributed by atoms with Crippen LogP contribution in [0.1, 0.15) is 54.9 Å². The van der Waals surface area contributed by atoms with E-state index in [1.807, 2.05) is 84.9 Å². The van der Waals surface area contributed by atoms with Gasteiger partial charge >= 0.3 is 0 Å². The lowest BCUT2D eigenvalue weighted by atomic mass is 9.96. The summed E-state index contributed by atoms with van der Waals surface area (Å²) in [7, 11) is 0. The Kier molecular flexibility index (Phi) is 10.3. The van der Waals surface area contributed by atoms with Gasteiger partial charge < -0.3 is 19.9 Å². The Labute approximate surface area is 261 Å². The predicted octanol–water partition coefficient (Wildman–Crippen LogP) is 7.91. The predicted molar refractivity (Wildman–Crippen MR) is 172 cm³/mol. The summed E-state index contributed by atoms with van der Waals surface area (Å²) in [4.78, 5) is 26.6. The van der Waals surface area contributed by atoms with Crippen LogP contribution in [0.25, 0.3) is 11.1 Å². The summed E-state index contributed by atoms with van der Waals surface area (Å²) in [6, 6.07) is 29.7. The van der Waals surface area contributed by atoms with Crippen LogP contribution in [0.15, 0.2) is 102 Å². The molecule has 1 unspecified atom stereocenters. The fourth-order valence-electron chi connectivity index (χ4n) is 5.36. The van der Waals surface area contributed by atoms with Gasteiger partial charge in [0.2, 0.25) is 0 Å². The topological polar surface area (TPSA) is 84.9 Å². The maximum atomic E-state index is 13.6. The van der Waals surface area contributed by atoms with E-state index in [1.165, 1.54) is 13.3 Å². The number of rotatable bonds is 11. The van der Waals surface area contributed by atoms with Gasteiger partial charge in [0.1, 0.15) is 23.4 Å². The monoisotopic (exact) mass is 641 g/mol. The fraction of sp³-hybridized carbons (Fsp3) is 0.278. The fourth-order valence-corrected chi connectivity index (χ4v) is 5.72. The van der Waals surface area contributed by atoms with Gasteiger partial charge in [0.15, 0.2) is 5.78 Å². The van der Waals surface area contributed by atoms with Gasteiger partial charge in [-0.2, -0.15) is 0 Å². The Hall–Kier alpha value is -3.94. The summed E-state index contributed by atoms with van der Waals surface area (Å²) in [5.41, 5.74) is 3.09. The van der Waals surface area contributed by atoms with Crippen LogP contribution in [0.5, 0.6) is 17.2 Å². The van der Waals surface area contributed by atoms with Crippen LogP contribution in [0, 0.1) is 0 Å². The molecule has 2 N–H and O–H groups in total. The number of aliphatic hydroxyl groups is 1. The first-order chi connectivity index (χ1) is 20.9. The molecule has 4 aromatic carbocycles. The first-order valence-corrected chi connectivity index (χ1v) is 15.6. The molecular formula is C36H36BrNO5. The van der Waals surface area contributed by atoms with Crippen molar-refractivity contribution in [3.8, 4) is 28.4 Å². The van der Waals surface area contributed by atoms with Gasteiger partial charge in [0.05, 0.1) is 17.7 Å². The van der Waals surface area contributed by atoms with E-state index in [-0.39, 0.29) is 12.5 Å². The maximum Gasteiger partial charge on any atom is 0.255 e. The Balaban J connectivity index is 1.33. The van der Waals surface area contributed by atoms with Gasteiger partial charge in [-0.25, -0.2) is 0 Å². The number of nitrogens with one attached hydrogen (secondary N) is 1. The highest BCUT2D eigenvalue weighted by Gasteiger charge is 2.27. The van der Waals surface area contributed by atoms with E-state index in [0.29, 0.717) is 11.3 Å². The van der Waals surface area contributed by atoms with Gasteiger partial charge in [0, 0.05) is 10.0 Å². The van der Waals surface area contributed by atoms with Crippen molar-refractivity contribution in [2.24, 2.45) is 0 Å². The zero-order valence-corrected chi connectivity index (χ0v) is 25.8. The van der Waals surface area contributed by atoms with Crippen LogP contribution in [0.3, 0.4) is 0 Å². The third-order valence-electron chi connectivity index (χ3n) is 7.66. The highest BCUT2D eigenvalue weighted by atomic mass is 79.9. The van der Waals surface area contributed by atoms with Crippen LogP contribution < -0.4 is 14.8 Å². The molecule has 0 heterocycles. The molecule has 0 bridgehead atoms. The number of amides is 1. The van der Waals surface area contributed by atoms with E-state index in [4.69, 9.17) is 9.47 Å². The quantitative estimate of drug-likeness (QED) is 0.174. The largest absolute Gasteiger partial charge is 0.490 e. The summed E-state index contributed by atoms with van der Waals surface area (Å²) in [5, 5.41) is 13.0. The summed E-state index contributed by atoms with van der Waals surface area (Å²) < 4.78 is 13.1. The summed E-state index contributed by atoms with van der Waals surface area (Å²) >= 11 is 3.46. The number of hydrogen-bond acceptors (Lipinski definition) is 5. The van der Waals surface area contributed by atoms with Crippen molar-refractivity contribution in [3.05, 3.63) is 113 Å². The molecule has 1 saturated carbocycles. The minimum atomic E-state index is -1.23. The van der Waals surface area contributed by atoms with Crippen molar-refractivity contribution in [2.45, 2.75) is 63.7 Å². The molecule has 0 aromatic heterocycles. The van der Waals surface area contributed by atoms with E-state index < -0.39 is 23.8 Å². The van der Waals surface area contributed by atoms with Crippen molar-refractivity contribution in [1.29, 1.82) is 0 Å². The lowest BCUT2D eigenvalue weighted by Gasteiger charge is -2.25. The van der Waals surface area contributed by atoms with Crippen LogP contribution in [0.4, 0.5) is 0 Å². The normalized spacial score (nSPS) is 14.9. The molecular weight excluding hydrogens is 606 g/mol. The molecule has 2 atom stereocenters. The number of aliphatic hydroxyl groups excluding tert-OH is 1. The second-order valence-electron chi connectivity index (χ2n) is 10.9. The first kappa shape index (κ1) is 30.5. The van der Waals surface area contributed by atoms with E-state index >= 15 is 0 Å². The number of carbonyl (C=O) groups excluding carboxylic acids is 2. The van der Waals surface area contributed by atoms with E-state index in [0.717, 1.165) is 58.3 Å². The number of carbonyl (C=O) groups is 2. The number of hydrogen-bond donors (Lipinski definition) is 2. The number of halogens is 1. The first-order valence-electron chi connectivity index (χ1n) is 14.8. The van der Waals surface area contributed by atoms with Crippen LogP contribution >= 0.6 is 15.9 Å². The minimum Gasteiger partial charge on any atom is -0.490 e. The highest BCUT2D eigenvalue weighted by Crippen LogP contribution is 2.33. The third kappa shape index (κ3) is 8.12. The van der Waals surface area contributed by atoms with Crippen molar-refractivity contribution < 1.29 is 24.2 Å². The third-order valence-corrected chi connectivity index (χ3v) is 8.15. The molecule has 1 fully saturated rings. The van der Waals surface area contributed by atoms with Crippen LogP contribution in [-0.4, -0.2) is 35.0 Å². The summed E-state index contributed by atoms with van der Waals surface area (Å²) in [6.45, 7) is 1.42. The number of ether oxygens (including phenoxy) is 2. The smallest absolute Gasteiger partial charge is 0.255 e. The number of para-hydroxylation sites is 2. The van der Waals surface area contributed by atoms with Crippen LogP contribution in [0.2, 0.25) is 0 Å². The van der Waals surface area contributed by atoms with E-state index in [9.17, 15) is 14.7 Å². The van der Waals surface area contributed by atoms with Gasteiger partial charge in [0.25, 0.3) is 5.91 Å². The standard InChI is InChI=1S/C36H36BrNO5/c1-24(39)35(40)32(38-36(41)31-23-27(37)20-21-34(31)43-29-12-6-3-7-13-29)22-25-16-18-26(19-17-25)30-14-8-9-15-33(30)42-28-10-4-2-5-11-28/h2,4-5,8-11,14-21,23-24,29,32,39H,3,6-7,12-13,22H2,1H3,(H,38,41)/t24?,32-/m0/s1. The molecule has 1 aliphatic carbocycles. The van der Waals surface area contributed by atoms with Crippen molar-refractivity contribution in [3.63, 3.8) is 0 Å². The second-order valence-corrected chi connectivity index (χ2v) is 11.9. The number of Topliss-reactive ketones (excluding diaryl/α,β-unsaturated/α-hetero) is 1. The van der Waals surface area contributed by atoms with Gasteiger partial charge in [-0.3, -0.25) is 9.59 Å². The number of ketones is 1. The molecule has 7 heteroatoms. The van der Waals surface area contributed by atoms with Gasteiger partial charge in [-0.1, -0.05) is 83.0 Å². The van der Waals surface area contributed by atoms with Crippen molar-refractivity contribution in [2.75, 3.05) is 0 Å². The van der Waals surface area contributed by atoms with Crippen LogP contribution in [-0.2, 0) is 11.2 Å². The number of benzene rings is 4. The van der Waals surface area contributed by atoms with E-state index in [2.05, 4.69) is 21.2 Å². The SMILES string of the molecule is CC(O)C(=O)[C@H](Cc1ccc(-c2ccccc2Oc2ccccc2)cc1)NC(=O)c1cc(Br)ccc1OC1CCCCC1.